The molecule has 2 aromatic heterocycles. The molecule has 0 spiro atoms. The van der Waals surface area contributed by atoms with Crippen molar-refractivity contribution in [2.75, 3.05) is 11.1 Å². The standard InChI is InChI=1S/C8H9N5/c9-7-2-1-3-10-8(7)13-6-4-11-12-5-6/h1-5H,9H2,(H,10,13)(H,11,12). The predicted octanol–water partition coefficient (Wildman–Crippen LogP) is 1.13. The number of hydrogen-bond donors (Lipinski definition) is 3. The number of H-pyrrole nitrogens is 1. The molecule has 2 heterocycles. The molecular weight excluding hydrogens is 166 g/mol. The second-order valence-corrected chi connectivity index (χ2v) is 2.55. The SMILES string of the molecule is Nc1cccnc1Nc1cn[nH]c1. The molecule has 0 aliphatic rings. The average Bonchev–Trinajstić information content (AvgIpc) is 2.61. The van der Waals surface area contributed by atoms with E-state index in [1.54, 1.807) is 30.7 Å². The van der Waals surface area contributed by atoms with Crippen molar-refractivity contribution in [3.8, 4) is 0 Å². The van der Waals surface area contributed by atoms with Crippen LogP contribution in [-0.4, -0.2) is 15.2 Å². The van der Waals surface area contributed by atoms with Gasteiger partial charge in [-0.3, -0.25) is 5.10 Å². The summed E-state index contributed by atoms with van der Waals surface area (Å²) in [5.41, 5.74) is 7.13. The number of aromatic nitrogens is 3. The number of aromatic amines is 1. The van der Waals surface area contributed by atoms with E-state index in [-0.39, 0.29) is 0 Å². The van der Waals surface area contributed by atoms with Crippen molar-refractivity contribution < 1.29 is 0 Å². The van der Waals surface area contributed by atoms with E-state index in [2.05, 4.69) is 20.5 Å². The Bertz CT molecular complexity index is 381. The molecule has 0 atom stereocenters. The van der Waals surface area contributed by atoms with E-state index >= 15 is 0 Å². The maximum atomic E-state index is 5.68. The Morgan fingerprint density at radius 1 is 1.46 bits per heavy atom. The molecule has 0 aliphatic carbocycles. The zero-order chi connectivity index (χ0) is 9.10. The fourth-order valence-electron chi connectivity index (χ4n) is 0.978. The molecule has 0 saturated carbocycles. The van der Waals surface area contributed by atoms with Crippen LogP contribution in [0.2, 0.25) is 0 Å². The van der Waals surface area contributed by atoms with E-state index in [1.165, 1.54) is 0 Å². The third kappa shape index (κ3) is 1.58. The van der Waals surface area contributed by atoms with E-state index in [0.29, 0.717) is 11.5 Å². The highest BCUT2D eigenvalue weighted by atomic mass is 15.1. The summed E-state index contributed by atoms with van der Waals surface area (Å²) in [4.78, 5) is 4.08. The van der Waals surface area contributed by atoms with Crippen molar-refractivity contribution >= 4 is 17.2 Å². The van der Waals surface area contributed by atoms with Crippen LogP contribution >= 0.6 is 0 Å². The normalized spacial score (nSPS) is 9.85. The minimum absolute atomic E-state index is 0.615. The first kappa shape index (κ1) is 7.60. The molecule has 2 rings (SSSR count). The maximum absolute atomic E-state index is 5.68. The first-order valence-electron chi connectivity index (χ1n) is 3.82. The number of rotatable bonds is 2. The molecule has 0 bridgehead atoms. The first-order chi connectivity index (χ1) is 6.36. The lowest BCUT2D eigenvalue weighted by Gasteiger charge is -2.03. The third-order valence-electron chi connectivity index (χ3n) is 1.60. The molecule has 5 nitrogen and oxygen atoms in total. The molecule has 4 N–H and O–H groups in total. The number of nitrogens with two attached hydrogens (primary N) is 1. The summed E-state index contributed by atoms with van der Waals surface area (Å²) in [7, 11) is 0. The van der Waals surface area contributed by atoms with Gasteiger partial charge >= 0.3 is 0 Å². The Labute approximate surface area is 75.0 Å². The quantitative estimate of drug-likeness (QED) is 0.639. The largest absolute Gasteiger partial charge is 0.396 e. The zero-order valence-corrected chi connectivity index (χ0v) is 6.86. The van der Waals surface area contributed by atoms with Gasteiger partial charge in [0.15, 0.2) is 5.82 Å². The molecule has 0 unspecified atom stereocenters. The topological polar surface area (TPSA) is 79.6 Å². The zero-order valence-electron chi connectivity index (χ0n) is 6.86. The van der Waals surface area contributed by atoms with E-state index < -0.39 is 0 Å². The smallest absolute Gasteiger partial charge is 0.153 e. The van der Waals surface area contributed by atoms with Gasteiger partial charge in [0.05, 0.1) is 17.6 Å². The Hall–Kier alpha value is -2.04. The van der Waals surface area contributed by atoms with Crippen LogP contribution < -0.4 is 11.1 Å². The fraction of sp³-hybridized carbons (Fsp3) is 0. The second-order valence-electron chi connectivity index (χ2n) is 2.55. The highest BCUT2D eigenvalue weighted by Crippen LogP contribution is 2.17. The molecule has 0 aliphatic heterocycles. The van der Waals surface area contributed by atoms with Crippen molar-refractivity contribution in [3.63, 3.8) is 0 Å². The minimum Gasteiger partial charge on any atom is -0.396 e. The van der Waals surface area contributed by atoms with Crippen molar-refractivity contribution in [3.05, 3.63) is 30.7 Å². The van der Waals surface area contributed by atoms with E-state index in [4.69, 9.17) is 5.73 Å². The lowest BCUT2D eigenvalue weighted by atomic mass is 10.4. The molecule has 0 amide bonds. The van der Waals surface area contributed by atoms with Gasteiger partial charge in [0.1, 0.15) is 0 Å². The Morgan fingerprint density at radius 3 is 3.08 bits per heavy atom. The first-order valence-corrected chi connectivity index (χ1v) is 3.82. The van der Waals surface area contributed by atoms with Gasteiger partial charge < -0.3 is 11.1 Å². The van der Waals surface area contributed by atoms with Gasteiger partial charge in [-0.25, -0.2) is 4.98 Å². The molecule has 0 aromatic carbocycles. The van der Waals surface area contributed by atoms with Crippen LogP contribution in [0.3, 0.4) is 0 Å². The van der Waals surface area contributed by atoms with E-state index in [9.17, 15) is 0 Å². The molecular formula is C8H9N5. The summed E-state index contributed by atoms with van der Waals surface area (Å²) < 4.78 is 0. The number of pyridine rings is 1. The summed E-state index contributed by atoms with van der Waals surface area (Å²) in [5.74, 6) is 0.643. The molecule has 0 radical (unpaired) electrons. The predicted molar refractivity (Wildman–Crippen MR) is 50.5 cm³/mol. The molecule has 0 fully saturated rings. The highest BCUT2D eigenvalue weighted by molar-refractivity contribution is 5.67. The molecule has 2 aromatic rings. The fourth-order valence-corrected chi connectivity index (χ4v) is 0.978. The number of nitrogens with zero attached hydrogens (tertiary/aromatic N) is 2. The minimum atomic E-state index is 0.615. The second kappa shape index (κ2) is 3.14. The van der Waals surface area contributed by atoms with E-state index in [0.717, 1.165) is 5.69 Å². The summed E-state index contributed by atoms with van der Waals surface area (Å²) in [6, 6.07) is 3.57. The van der Waals surface area contributed by atoms with Crippen LogP contribution in [-0.2, 0) is 0 Å². The highest BCUT2D eigenvalue weighted by Gasteiger charge is 1.99. The van der Waals surface area contributed by atoms with Crippen LogP contribution in [0.15, 0.2) is 30.7 Å². The molecule has 13 heavy (non-hydrogen) atoms. The number of hydrogen-bond acceptors (Lipinski definition) is 4. The van der Waals surface area contributed by atoms with Gasteiger partial charge in [0.2, 0.25) is 0 Å². The van der Waals surface area contributed by atoms with Crippen LogP contribution in [0, 0.1) is 0 Å². The monoisotopic (exact) mass is 175 g/mol. The van der Waals surface area contributed by atoms with Crippen LogP contribution in [0.5, 0.6) is 0 Å². The van der Waals surface area contributed by atoms with E-state index in [1.807, 2.05) is 0 Å². The lowest BCUT2D eigenvalue weighted by Crippen LogP contribution is -1.97. The summed E-state index contributed by atoms with van der Waals surface area (Å²) >= 11 is 0. The number of nitrogen functional groups attached to an aromatic ring is 1. The van der Waals surface area contributed by atoms with Crippen molar-refractivity contribution in [1.29, 1.82) is 0 Å². The van der Waals surface area contributed by atoms with Gasteiger partial charge in [0.25, 0.3) is 0 Å². The summed E-state index contributed by atoms with van der Waals surface area (Å²) in [5, 5.41) is 9.50. The van der Waals surface area contributed by atoms with Crippen LogP contribution in [0.25, 0.3) is 0 Å². The number of nitrogens with one attached hydrogen (secondary N) is 2. The van der Waals surface area contributed by atoms with Gasteiger partial charge in [0, 0.05) is 12.4 Å². The summed E-state index contributed by atoms with van der Waals surface area (Å²) in [6.07, 6.45) is 5.07. The van der Waals surface area contributed by atoms with Gasteiger partial charge in [-0.05, 0) is 12.1 Å². The van der Waals surface area contributed by atoms with Crippen molar-refractivity contribution in [2.24, 2.45) is 0 Å². The number of anilines is 3. The molecule has 5 heteroatoms. The molecule has 66 valence electrons. The average molecular weight is 175 g/mol. The van der Waals surface area contributed by atoms with Crippen molar-refractivity contribution in [1.82, 2.24) is 15.2 Å². The Kier molecular flexibility index (Phi) is 1.84. The van der Waals surface area contributed by atoms with Crippen molar-refractivity contribution in [2.45, 2.75) is 0 Å². The Balaban J connectivity index is 2.24. The Morgan fingerprint density at radius 2 is 2.38 bits per heavy atom. The lowest BCUT2D eigenvalue weighted by molar-refractivity contribution is 1.09. The third-order valence-corrected chi connectivity index (χ3v) is 1.60. The van der Waals surface area contributed by atoms with Crippen LogP contribution in [0.4, 0.5) is 17.2 Å². The van der Waals surface area contributed by atoms with Gasteiger partial charge in [-0.15, -0.1) is 0 Å². The summed E-state index contributed by atoms with van der Waals surface area (Å²) in [6.45, 7) is 0. The van der Waals surface area contributed by atoms with Crippen LogP contribution in [0.1, 0.15) is 0 Å². The molecule has 0 saturated heterocycles. The van der Waals surface area contributed by atoms with Gasteiger partial charge in [-0.1, -0.05) is 0 Å². The van der Waals surface area contributed by atoms with Gasteiger partial charge in [-0.2, -0.15) is 5.10 Å². The maximum Gasteiger partial charge on any atom is 0.153 e.